The van der Waals surface area contributed by atoms with Gasteiger partial charge in [0.1, 0.15) is 10.8 Å². The van der Waals surface area contributed by atoms with Gasteiger partial charge in [0, 0.05) is 12.3 Å². The van der Waals surface area contributed by atoms with Crippen LogP contribution in [-0.4, -0.2) is 16.8 Å². The molecule has 0 fully saturated rings. The number of rotatable bonds is 2. The van der Waals surface area contributed by atoms with Crippen molar-refractivity contribution in [3.63, 3.8) is 0 Å². The molecule has 0 unspecified atom stereocenters. The molecule has 2 rings (SSSR count). The Morgan fingerprint density at radius 2 is 2.06 bits per heavy atom. The molecule has 3 nitrogen and oxygen atoms in total. The van der Waals surface area contributed by atoms with E-state index in [4.69, 9.17) is 27.9 Å². The van der Waals surface area contributed by atoms with E-state index in [2.05, 4.69) is 0 Å². The van der Waals surface area contributed by atoms with Gasteiger partial charge >= 0.3 is 0 Å². The fraction of sp³-hybridized carbons (Fsp3) is 0.0909. The summed E-state index contributed by atoms with van der Waals surface area (Å²) in [5.41, 5.74) is 0.727. The third kappa shape index (κ3) is 1.84. The highest BCUT2D eigenvalue weighted by atomic mass is 35.5. The van der Waals surface area contributed by atoms with Crippen LogP contribution < -0.4 is 4.74 Å². The second-order valence-corrected chi connectivity index (χ2v) is 3.97. The van der Waals surface area contributed by atoms with Crippen LogP contribution in [0, 0.1) is 0 Å². The van der Waals surface area contributed by atoms with Crippen LogP contribution in [0.4, 0.5) is 0 Å². The third-order valence-electron chi connectivity index (χ3n) is 2.21. The number of hydrogen-bond donors (Lipinski definition) is 1. The van der Waals surface area contributed by atoms with Crippen LogP contribution in [0.5, 0.6) is 11.6 Å². The van der Waals surface area contributed by atoms with Gasteiger partial charge in [0.25, 0.3) is 0 Å². The number of ether oxygens (including phenoxy) is 1. The summed E-state index contributed by atoms with van der Waals surface area (Å²) in [4.78, 5) is 0. The number of benzene rings is 1. The molecule has 0 aliphatic rings. The summed E-state index contributed by atoms with van der Waals surface area (Å²) in [6.45, 7) is 0. The van der Waals surface area contributed by atoms with Gasteiger partial charge in [0.2, 0.25) is 5.88 Å². The molecular weight excluding hydrogens is 249 g/mol. The first-order chi connectivity index (χ1) is 7.63. The molecule has 0 saturated carbocycles. The first kappa shape index (κ1) is 11.2. The maximum absolute atomic E-state index is 9.74. The first-order valence-corrected chi connectivity index (χ1v) is 5.29. The van der Waals surface area contributed by atoms with Crippen molar-refractivity contribution in [3.05, 3.63) is 40.5 Å². The zero-order valence-electron chi connectivity index (χ0n) is 8.45. The minimum absolute atomic E-state index is 0.0834. The largest absolute Gasteiger partial charge is 0.497 e. The van der Waals surface area contributed by atoms with E-state index in [9.17, 15) is 5.11 Å². The summed E-state index contributed by atoms with van der Waals surface area (Å²) in [5.74, 6) is 0.609. The predicted octanol–water partition coefficient (Wildman–Crippen LogP) is 3.50. The number of halogens is 2. The smallest absolute Gasteiger partial charge is 0.216 e. The SMILES string of the molecule is COc1cccc(-n2cc(Cl)c(Cl)c2O)c1. The molecule has 0 aliphatic carbocycles. The van der Waals surface area contributed by atoms with Crippen molar-refractivity contribution in [2.45, 2.75) is 0 Å². The van der Waals surface area contributed by atoms with E-state index in [1.165, 1.54) is 4.57 Å². The minimum atomic E-state index is -0.0834. The summed E-state index contributed by atoms with van der Waals surface area (Å²) in [5, 5.41) is 10.2. The molecule has 0 saturated heterocycles. The zero-order chi connectivity index (χ0) is 11.7. The molecular formula is C11H9Cl2NO2. The van der Waals surface area contributed by atoms with E-state index < -0.39 is 0 Å². The lowest BCUT2D eigenvalue weighted by Crippen LogP contribution is -1.92. The second-order valence-electron chi connectivity index (χ2n) is 3.19. The fourth-order valence-corrected chi connectivity index (χ4v) is 1.72. The summed E-state index contributed by atoms with van der Waals surface area (Å²) in [7, 11) is 1.58. The lowest BCUT2D eigenvalue weighted by atomic mass is 10.3. The minimum Gasteiger partial charge on any atom is -0.497 e. The molecule has 16 heavy (non-hydrogen) atoms. The Labute approximate surface area is 103 Å². The molecule has 0 atom stereocenters. The predicted molar refractivity (Wildman–Crippen MR) is 64.0 cm³/mol. The van der Waals surface area contributed by atoms with Crippen molar-refractivity contribution in [1.29, 1.82) is 0 Å². The molecule has 84 valence electrons. The van der Waals surface area contributed by atoms with Crippen molar-refractivity contribution >= 4 is 23.2 Å². The molecule has 1 aromatic carbocycles. The molecule has 0 bridgehead atoms. The lowest BCUT2D eigenvalue weighted by molar-refractivity contribution is 0.414. The molecule has 1 N–H and O–H groups in total. The van der Waals surface area contributed by atoms with Crippen LogP contribution in [-0.2, 0) is 0 Å². The van der Waals surface area contributed by atoms with E-state index >= 15 is 0 Å². The Morgan fingerprint density at radius 1 is 1.31 bits per heavy atom. The maximum Gasteiger partial charge on any atom is 0.216 e. The van der Waals surface area contributed by atoms with E-state index in [1.54, 1.807) is 19.4 Å². The average Bonchev–Trinajstić information content (AvgIpc) is 2.57. The molecule has 5 heteroatoms. The van der Waals surface area contributed by atoms with Gasteiger partial charge in [-0.3, -0.25) is 4.57 Å². The molecule has 0 aliphatic heterocycles. The Hall–Kier alpha value is -1.32. The molecule has 2 aromatic rings. The van der Waals surface area contributed by atoms with Crippen LogP contribution >= 0.6 is 23.2 Å². The van der Waals surface area contributed by atoms with Gasteiger partial charge in [0.05, 0.1) is 17.8 Å². The van der Waals surface area contributed by atoms with E-state index in [1.807, 2.05) is 18.2 Å². The fourth-order valence-electron chi connectivity index (χ4n) is 1.40. The average molecular weight is 258 g/mol. The van der Waals surface area contributed by atoms with Gasteiger partial charge in [-0.1, -0.05) is 29.3 Å². The Morgan fingerprint density at radius 3 is 2.62 bits per heavy atom. The Balaban J connectivity index is 2.54. The van der Waals surface area contributed by atoms with Crippen molar-refractivity contribution in [2.75, 3.05) is 7.11 Å². The Bertz CT molecular complexity index is 523. The standard InChI is InChI=1S/C11H9Cl2NO2/c1-16-8-4-2-3-7(5-8)14-6-9(12)10(13)11(14)15/h2-6,15H,1H3. The highest BCUT2D eigenvalue weighted by molar-refractivity contribution is 6.43. The third-order valence-corrected chi connectivity index (χ3v) is 2.96. The van der Waals surface area contributed by atoms with Crippen LogP contribution in [0.3, 0.4) is 0 Å². The molecule has 1 heterocycles. The maximum atomic E-state index is 9.74. The molecule has 0 spiro atoms. The van der Waals surface area contributed by atoms with Gasteiger partial charge in [-0.25, -0.2) is 0 Å². The normalized spacial score (nSPS) is 10.4. The lowest BCUT2D eigenvalue weighted by Gasteiger charge is -2.06. The summed E-state index contributed by atoms with van der Waals surface area (Å²) in [6, 6.07) is 7.21. The van der Waals surface area contributed by atoms with Gasteiger partial charge in [0.15, 0.2) is 0 Å². The quantitative estimate of drug-likeness (QED) is 0.894. The van der Waals surface area contributed by atoms with Gasteiger partial charge in [-0.15, -0.1) is 0 Å². The van der Waals surface area contributed by atoms with E-state index in [0.29, 0.717) is 10.8 Å². The molecule has 0 radical (unpaired) electrons. The van der Waals surface area contributed by atoms with E-state index in [0.717, 1.165) is 5.69 Å². The number of nitrogens with zero attached hydrogens (tertiary/aromatic N) is 1. The van der Waals surface area contributed by atoms with Crippen molar-refractivity contribution in [3.8, 4) is 17.3 Å². The van der Waals surface area contributed by atoms with Gasteiger partial charge < -0.3 is 9.84 Å². The number of hydrogen-bond acceptors (Lipinski definition) is 2. The van der Waals surface area contributed by atoms with Crippen LogP contribution in [0.25, 0.3) is 5.69 Å². The highest BCUT2D eigenvalue weighted by Gasteiger charge is 2.13. The number of methoxy groups -OCH3 is 1. The summed E-state index contributed by atoms with van der Waals surface area (Å²) >= 11 is 11.6. The first-order valence-electron chi connectivity index (χ1n) is 4.53. The van der Waals surface area contributed by atoms with Crippen molar-refractivity contribution in [1.82, 2.24) is 4.57 Å². The van der Waals surface area contributed by atoms with Crippen LogP contribution in [0.2, 0.25) is 10.0 Å². The summed E-state index contributed by atoms with van der Waals surface area (Å²) in [6.07, 6.45) is 1.55. The topological polar surface area (TPSA) is 34.4 Å². The zero-order valence-corrected chi connectivity index (χ0v) is 9.96. The summed E-state index contributed by atoms with van der Waals surface area (Å²) < 4.78 is 6.59. The highest BCUT2D eigenvalue weighted by Crippen LogP contribution is 2.35. The Kier molecular flexibility index (Phi) is 2.99. The molecule has 1 aromatic heterocycles. The second kappa shape index (κ2) is 4.28. The monoisotopic (exact) mass is 257 g/mol. The van der Waals surface area contributed by atoms with Gasteiger partial charge in [-0.2, -0.15) is 0 Å². The van der Waals surface area contributed by atoms with E-state index in [-0.39, 0.29) is 10.9 Å². The van der Waals surface area contributed by atoms with Crippen LogP contribution in [0.15, 0.2) is 30.5 Å². The number of aromatic hydroxyl groups is 1. The molecule has 0 amide bonds. The van der Waals surface area contributed by atoms with Gasteiger partial charge in [-0.05, 0) is 12.1 Å². The number of aromatic nitrogens is 1. The van der Waals surface area contributed by atoms with Crippen LogP contribution in [0.1, 0.15) is 0 Å². The van der Waals surface area contributed by atoms with Crippen molar-refractivity contribution < 1.29 is 9.84 Å². The van der Waals surface area contributed by atoms with Crippen molar-refractivity contribution in [2.24, 2.45) is 0 Å².